The summed E-state index contributed by atoms with van der Waals surface area (Å²) in [7, 11) is 0. The Labute approximate surface area is 146 Å². The van der Waals surface area contributed by atoms with E-state index in [0.717, 1.165) is 25.1 Å². The van der Waals surface area contributed by atoms with Crippen LogP contribution in [-0.4, -0.2) is 28.7 Å². The van der Waals surface area contributed by atoms with Gasteiger partial charge in [-0.2, -0.15) is 0 Å². The highest BCUT2D eigenvalue weighted by Crippen LogP contribution is 2.27. The molecule has 1 saturated heterocycles. The Hall–Kier alpha value is -2.41. The molecule has 1 N–H and O–H groups in total. The molecule has 0 saturated carbocycles. The lowest BCUT2D eigenvalue weighted by Crippen LogP contribution is -2.29. The van der Waals surface area contributed by atoms with E-state index in [4.69, 9.17) is 9.15 Å². The molecule has 0 unspecified atom stereocenters. The molecule has 134 valence electrons. The van der Waals surface area contributed by atoms with E-state index in [1.54, 1.807) is 19.3 Å². The topological polar surface area (TPSA) is 86.4 Å². The monoisotopic (exact) mass is 345 g/mol. The molecule has 7 heteroatoms. The number of hydrogen-bond acceptors (Lipinski definition) is 5. The van der Waals surface area contributed by atoms with Crippen LogP contribution in [0.25, 0.3) is 0 Å². The smallest absolute Gasteiger partial charge is 0.349 e. The van der Waals surface area contributed by atoms with Crippen LogP contribution in [0.5, 0.6) is 0 Å². The third-order valence-corrected chi connectivity index (χ3v) is 4.50. The van der Waals surface area contributed by atoms with E-state index in [9.17, 15) is 9.59 Å². The van der Waals surface area contributed by atoms with E-state index in [-0.39, 0.29) is 18.0 Å². The molecular formula is C18H23N3O4. The van der Waals surface area contributed by atoms with Crippen molar-refractivity contribution < 1.29 is 13.9 Å². The summed E-state index contributed by atoms with van der Waals surface area (Å²) >= 11 is 0. The molecule has 1 aliphatic rings. The first-order valence-corrected chi connectivity index (χ1v) is 8.59. The van der Waals surface area contributed by atoms with Gasteiger partial charge in [-0.3, -0.25) is 4.79 Å². The van der Waals surface area contributed by atoms with Crippen LogP contribution >= 0.6 is 0 Å². The lowest BCUT2D eigenvalue weighted by Gasteiger charge is -2.21. The molecular weight excluding hydrogens is 322 g/mol. The molecule has 1 amide bonds. The minimum atomic E-state index is -0.585. The Morgan fingerprint density at radius 2 is 2.16 bits per heavy atom. The summed E-state index contributed by atoms with van der Waals surface area (Å²) in [6.07, 6.45) is 5.23. The minimum absolute atomic E-state index is 0.0609. The highest BCUT2D eigenvalue weighted by Gasteiger charge is 2.22. The van der Waals surface area contributed by atoms with Crippen LogP contribution in [0, 0.1) is 6.92 Å². The molecule has 7 nitrogen and oxygen atoms in total. The van der Waals surface area contributed by atoms with Gasteiger partial charge in [-0.1, -0.05) is 0 Å². The van der Waals surface area contributed by atoms with E-state index < -0.39 is 11.5 Å². The summed E-state index contributed by atoms with van der Waals surface area (Å²) in [6, 6.07) is 1.80. The molecule has 1 fully saturated rings. The molecule has 0 atom stereocenters. The zero-order valence-corrected chi connectivity index (χ0v) is 14.6. The molecule has 0 aromatic carbocycles. The molecule has 1 aliphatic heterocycles. The average molecular weight is 345 g/mol. The van der Waals surface area contributed by atoms with Gasteiger partial charge >= 0.3 is 5.63 Å². The van der Waals surface area contributed by atoms with Crippen molar-refractivity contribution in [2.45, 2.75) is 45.7 Å². The molecule has 3 heterocycles. The first kappa shape index (κ1) is 17.4. The number of nitrogens with zero attached hydrogens (tertiary/aromatic N) is 2. The fraction of sp³-hybridized carbons (Fsp3) is 0.500. The van der Waals surface area contributed by atoms with Crippen molar-refractivity contribution in [1.82, 2.24) is 14.9 Å². The summed E-state index contributed by atoms with van der Waals surface area (Å²) in [5.41, 5.74) is 0.856. The predicted octanol–water partition coefficient (Wildman–Crippen LogP) is 1.99. The maximum atomic E-state index is 12.4. The van der Waals surface area contributed by atoms with Crippen LogP contribution in [0.2, 0.25) is 0 Å². The molecule has 3 rings (SSSR count). The number of hydrogen-bond donors (Lipinski definition) is 1. The van der Waals surface area contributed by atoms with Crippen molar-refractivity contribution in [3.63, 3.8) is 0 Å². The standard InChI is InChI=1S/C18H23N3O4/c1-3-21-10-14(20-11-21)9-19-17(22)16-12(2)8-15(25-18(16)23)13-4-6-24-7-5-13/h8,10-11,13H,3-7,9H2,1-2H3,(H,19,22). The number of amides is 1. The Bertz CT molecular complexity index is 803. The van der Waals surface area contributed by atoms with Crippen molar-refractivity contribution in [2.24, 2.45) is 0 Å². The molecule has 0 radical (unpaired) electrons. The molecule has 0 aliphatic carbocycles. The Morgan fingerprint density at radius 1 is 1.40 bits per heavy atom. The molecule has 0 spiro atoms. The van der Waals surface area contributed by atoms with E-state index in [1.165, 1.54) is 0 Å². The Kier molecular flexibility index (Phi) is 5.33. The Morgan fingerprint density at radius 3 is 2.80 bits per heavy atom. The summed E-state index contributed by atoms with van der Waals surface area (Å²) in [5.74, 6) is 0.384. The fourth-order valence-electron chi connectivity index (χ4n) is 3.02. The van der Waals surface area contributed by atoms with E-state index in [1.807, 2.05) is 17.7 Å². The number of carbonyl (C=O) groups is 1. The maximum absolute atomic E-state index is 12.4. The van der Waals surface area contributed by atoms with Crippen LogP contribution in [0.1, 0.15) is 53.1 Å². The van der Waals surface area contributed by atoms with Gasteiger partial charge in [-0.05, 0) is 38.3 Å². The molecule has 0 bridgehead atoms. The normalized spacial score (nSPS) is 15.3. The van der Waals surface area contributed by atoms with Gasteiger partial charge in [0.05, 0.1) is 18.6 Å². The van der Waals surface area contributed by atoms with Gasteiger partial charge in [0.15, 0.2) is 0 Å². The number of imidazole rings is 1. The lowest BCUT2D eigenvalue weighted by atomic mass is 9.95. The fourth-order valence-corrected chi connectivity index (χ4v) is 3.02. The van der Waals surface area contributed by atoms with E-state index >= 15 is 0 Å². The second-order valence-electron chi connectivity index (χ2n) is 6.26. The van der Waals surface area contributed by atoms with Crippen LogP contribution in [-0.2, 0) is 17.8 Å². The second kappa shape index (κ2) is 7.65. The predicted molar refractivity (Wildman–Crippen MR) is 91.6 cm³/mol. The van der Waals surface area contributed by atoms with Crippen LogP contribution in [0.4, 0.5) is 0 Å². The van der Waals surface area contributed by atoms with Crippen molar-refractivity contribution in [3.05, 3.63) is 51.6 Å². The number of nitrogens with one attached hydrogen (secondary N) is 1. The number of rotatable bonds is 5. The summed E-state index contributed by atoms with van der Waals surface area (Å²) in [5, 5.41) is 2.74. The first-order valence-electron chi connectivity index (χ1n) is 8.59. The van der Waals surface area contributed by atoms with Crippen molar-refractivity contribution in [2.75, 3.05) is 13.2 Å². The van der Waals surface area contributed by atoms with Crippen molar-refractivity contribution in [3.8, 4) is 0 Å². The largest absolute Gasteiger partial charge is 0.427 e. The van der Waals surface area contributed by atoms with E-state index in [2.05, 4.69) is 10.3 Å². The van der Waals surface area contributed by atoms with Gasteiger partial charge in [0.2, 0.25) is 0 Å². The van der Waals surface area contributed by atoms with Gasteiger partial charge in [0, 0.05) is 31.9 Å². The third kappa shape index (κ3) is 3.99. The number of aromatic nitrogens is 2. The van der Waals surface area contributed by atoms with E-state index in [0.29, 0.717) is 24.5 Å². The third-order valence-electron chi connectivity index (χ3n) is 4.50. The van der Waals surface area contributed by atoms with Gasteiger partial charge < -0.3 is 19.0 Å². The van der Waals surface area contributed by atoms with Gasteiger partial charge in [0.1, 0.15) is 11.3 Å². The maximum Gasteiger partial charge on any atom is 0.349 e. The zero-order chi connectivity index (χ0) is 17.8. The SMILES string of the molecule is CCn1cnc(CNC(=O)c2c(C)cc(C3CCOCC3)oc2=O)c1. The quantitative estimate of drug-likeness (QED) is 0.895. The summed E-state index contributed by atoms with van der Waals surface area (Å²) in [6.45, 7) is 6.20. The lowest BCUT2D eigenvalue weighted by molar-refractivity contribution is 0.0795. The highest BCUT2D eigenvalue weighted by atomic mass is 16.5. The summed E-state index contributed by atoms with van der Waals surface area (Å²) < 4.78 is 12.7. The summed E-state index contributed by atoms with van der Waals surface area (Å²) in [4.78, 5) is 28.9. The number of ether oxygens (including phenoxy) is 1. The molecule has 25 heavy (non-hydrogen) atoms. The van der Waals surface area contributed by atoms with Gasteiger partial charge in [-0.25, -0.2) is 9.78 Å². The Balaban J connectivity index is 1.72. The highest BCUT2D eigenvalue weighted by molar-refractivity contribution is 5.95. The first-order chi connectivity index (χ1) is 12.1. The van der Waals surface area contributed by atoms with Gasteiger partial charge in [0.25, 0.3) is 5.91 Å². The van der Waals surface area contributed by atoms with Crippen LogP contribution in [0.3, 0.4) is 0 Å². The molecule has 2 aromatic heterocycles. The average Bonchev–Trinajstić information content (AvgIpc) is 3.08. The number of aryl methyl sites for hydroxylation is 2. The van der Waals surface area contributed by atoms with Crippen molar-refractivity contribution in [1.29, 1.82) is 0 Å². The molecule has 2 aromatic rings. The van der Waals surface area contributed by atoms with Gasteiger partial charge in [-0.15, -0.1) is 0 Å². The van der Waals surface area contributed by atoms with Crippen LogP contribution in [0.15, 0.2) is 27.8 Å². The van der Waals surface area contributed by atoms with Crippen molar-refractivity contribution >= 4 is 5.91 Å². The van der Waals surface area contributed by atoms with Crippen LogP contribution < -0.4 is 10.9 Å². The zero-order valence-electron chi connectivity index (χ0n) is 14.6. The minimum Gasteiger partial charge on any atom is -0.427 e. The number of carbonyl (C=O) groups excluding carboxylic acids is 1. The second-order valence-corrected chi connectivity index (χ2v) is 6.26.